The van der Waals surface area contributed by atoms with E-state index in [1.54, 1.807) is 0 Å². The fourth-order valence-electron chi connectivity index (χ4n) is 2.22. The maximum Gasteiger partial charge on any atom is 0.135 e. The molecular formula is C12H13BrN4. The predicted molar refractivity (Wildman–Crippen MR) is 71.9 cm³/mol. The third kappa shape index (κ3) is 1.89. The van der Waals surface area contributed by atoms with Gasteiger partial charge in [-0.3, -0.25) is 0 Å². The summed E-state index contributed by atoms with van der Waals surface area (Å²) in [6.45, 7) is 1.97. The first kappa shape index (κ1) is 10.9. The normalized spacial score (nSPS) is 19.9. The molecule has 1 aromatic carbocycles. The molecule has 1 fully saturated rings. The number of fused-ring (bicyclic) bond motifs is 1. The highest BCUT2D eigenvalue weighted by atomic mass is 79.9. The van der Waals surface area contributed by atoms with Crippen molar-refractivity contribution in [2.75, 3.05) is 18.8 Å². The van der Waals surface area contributed by atoms with Gasteiger partial charge in [-0.05, 0) is 41.0 Å². The lowest BCUT2D eigenvalue weighted by molar-refractivity contribution is 0.708. The molecule has 1 atom stereocenters. The summed E-state index contributed by atoms with van der Waals surface area (Å²) in [5.41, 5.74) is 6.91. The van der Waals surface area contributed by atoms with Gasteiger partial charge in [-0.15, -0.1) is 0 Å². The van der Waals surface area contributed by atoms with Gasteiger partial charge in [0, 0.05) is 22.3 Å². The van der Waals surface area contributed by atoms with E-state index in [4.69, 9.17) is 5.73 Å². The van der Waals surface area contributed by atoms with Gasteiger partial charge in [-0.1, -0.05) is 6.07 Å². The summed E-state index contributed by atoms with van der Waals surface area (Å²) in [5.74, 6) is 1.80. The fourth-order valence-corrected chi connectivity index (χ4v) is 2.67. The Hall–Kier alpha value is -1.20. The number of hydrogen-bond donors (Lipinski definition) is 2. The number of aromatic nitrogens is 2. The van der Waals surface area contributed by atoms with Crippen molar-refractivity contribution >= 4 is 32.7 Å². The molecule has 4 nitrogen and oxygen atoms in total. The minimum Gasteiger partial charge on any atom is -0.383 e. The number of anilines is 1. The number of benzene rings is 1. The smallest absolute Gasteiger partial charge is 0.135 e. The zero-order valence-electron chi connectivity index (χ0n) is 9.28. The van der Waals surface area contributed by atoms with Crippen LogP contribution in [0, 0.1) is 0 Å². The first-order chi connectivity index (χ1) is 8.25. The van der Waals surface area contributed by atoms with E-state index in [-0.39, 0.29) is 0 Å². The molecule has 0 spiro atoms. The summed E-state index contributed by atoms with van der Waals surface area (Å²) in [5, 5.41) is 4.23. The van der Waals surface area contributed by atoms with Crippen LogP contribution >= 0.6 is 15.9 Å². The summed E-state index contributed by atoms with van der Waals surface area (Å²) >= 11 is 3.51. The molecule has 3 rings (SSSR count). The third-order valence-corrected chi connectivity index (χ3v) is 3.79. The highest BCUT2D eigenvalue weighted by Crippen LogP contribution is 2.28. The molecule has 88 valence electrons. The Morgan fingerprint density at radius 1 is 1.35 bits per heavy atom. The number of halogens is 1. The number of rotatable bonds is 1. The molecule has 17 heavy (non-hydrogen) atoms. The van der Waals surface area contributed by atoms with Crippen LogP contribution in [0.5, 0.6) is 0 Å². The van der Waals surface area contributed by atoms with Gasteiger partial charge >= 0.3 is 0 Å². The van der Waals surface area contributed by atoms with Crippen LogP contribution in [0.2, 0.25) is 0 Å². The van der Waals surface area contributed by atoms with Crippen LogP contribution in [0.15, 0.2) is 22.7 Å². The summed E-state index contributed by atoms with van der Waals surface area (Å²) in [6, 6.07) is 5.88. The van der Waals surface area contributed by atoms with E-state index in [0.717, 1.165) is 40.7 Å². The van der Waals surface area contributed by atoms with Crippen LogP contribution in [0.3, 0.4) is 0 Å². The van der Waals surface area contributed by atoms with Gasteiger partial charge in [-0.25, -0.2) is 9.97 Å². The Labute approximate surface area is 108 Å². The zero-order valence-corrected chi connectivity index (χ0v) is 10.9. The lowest BCUT2D eigenvalue weighted by atomic mass is 10.1. The topological polar surface area (TPSA) is 63.8 Å². The lowest BCUT2D eigenvalue weighted by Crippen LogP contribution is -2.11. The van der Waals surface area contributed by atoms with Crippen molar-refractivity contribution in [1.82, 2.24) is 15.3 Å². The molecule has 1 aromatic heterocycles. The molecule has 1 saturated heterocycles. The van der Waals surface area contributed by atoms with Crippen LogP contribution in [0.1, 0.15) is 18.2 Å². The third-order valence-electron chi connectivity index (χ3n) is 3.15. The Bertz CT molecular complexity index is 564. The van der Waals surface area contributed by atoms with Crippen molar-refractivity contribution in [2.24, 2.45) is 0 Å². The number of nitrogen functional groups attached to an aromatic ring is 1. The number of nitrogens with zero attached hydrogens (tertiary/aromatic N) is 2. The monoisotopic (exact) mass is 292 g/mol. The maximum absolute atomic E-state index is 6.00. The van der Waals surface area contributed by atoms with E-state index < -0.39 is 0 Å². The van der Waals surface area contributed by atoms with E-state index in [2.05, 4.69) is 31.2 Å². The van der Waals surface area contributed by atoms with E-state index in [9.17, 15) is 0 Å². The van der Waals surface area contributed by atoms with Gasteiger partial charge in [-0.2, -0.15) is 0 Å². The molecule has 0 radical (unpaired) electrons. The second-order valence-corrected chi connectivity index (χ2v) is 5.15. The highest BCUT2D eigenvalue weighted by molar-refractivity contribution is 9.10. The Balaban J connectivity index is 2.18. The molecule has 0 amide bonds. The maximum atomic E-state index is 6.00. The predicted octanol–water partition coefficient (Wildman–Crippen LogP) is 2.05. The first-order valence-corrected chi connectivity index (χ1v) is 6.47. The standard InChI is InChI=1S/C12H13BrN4/c13-9-3-1-2-8-10(9)16-12(17-11(8)14)7-4-5-15-6-7/h1-3,7,15H,4-6H2,(H2,14,16,17). The van der Waals surface area contributed by atoms with Gasteiger partial charge in [0.2, 0.25) is 0 Å². The van der Waals surface area contributed by atoms with Gasteiger partial charge in [0.25, 0.3) is 0 Å². The van der Waals surface area contributed by atoms with Crippen molar-refractivity contribution in [2.45, 2.75) is 12.3 Å². The summed E-state index contributed by atoms with van der Waals surface area (Å²) < 4.78 is 0.969. The number of nitrogens with two attached hydrogens (primary N) is 1. The highest BCUT2D eigenvalue weighted by Gasteiger charge is 2.20. The first-order valence-electron chi connectivity index (χ1n) is 5.68. The molecule has 3 N–H and O–H groups in total. The molecule has 5 heteroatoms. The van der Waals surface area contributed by atoms with Crippen molar-refractivity contribution < 1.29 is 0 Å². The SMILES string of the molecule is Nc1nc(C2CCNC2)nc2c(Br)cccc12. The quantitative estimate of drug-likeness (QED) is 0.844. The largest absolute Gasteiger partial charge is 0.383 e. The molecule has 1 aliphatic rings. The van der Waals surface area contributed by atoms with Crippen LogP contribution in [0.4, 0.5) is 5.82 Å². The minimum absolute atomic E-state index is 0.383. The van der Waals surface area contributed by atoms with Gasteiger partial charge in [0.1, 0.15) is 11.6 Å². The van der Waals surface area contributed by atoms with E-state index >= 15 is 0 Å². The van der Waals surface area contributed by atoms with E-state index in [1.807, 2.05) is 18.2 Å². The summed E-state index contributed by atoms with van der Waals surface area (Å²) in [4.78, 5) is 9.07. The molecule has 0 bridgehead atoms. The van der Waals surface area contributed by atoms with Gasteiger partial charge in [0.05, 0.1) is 5.52 Å². The molecular weight excluding hydrogens is 280 g/mol. The van der Waals surface area contributed by atoms with Crippen molar-refractivity contribution in [3.8, 4) is 0 Å². The second kappa shape index (κ2) is 4.23. The Morgan fingerprint density at radius 2 is 2.24 bits per heavy atom. The van der Waals surface area contributed by atoms with Crippen molar-refractivity contribution in [1.29, 1.82) is 0 Å². The Morgan fingerprint density at radius 3 is 3.00 bits per heavy atom. The number of nitrogens with one attached hydrogen (secondary N) is 1. The van der Waals surface area contributed by atoms with E-state index in [0.29, 0.717) is 11.7 Å². The number of hydrogen-bond acceptors (Lipinski definition) is 4. The van der Waals surface area contributed by atoms with Crippen molar-refractivity contribution in [3.05, 3.63) is 28.5 Å². The van der Waals surface area contributed by atoms with Crippen molar-refractivity contribution in [3.63, 3.8) is 0 Å². The Kier molecular flexibility index (Phi) is 2.72. The number of para-hydroxylation sites is 1. The molecule has 0 saturated carbocycles. The molecule has 2 aromatic rings. The average Bonchev–Trinajstić information content (AvgIpc) is 2.84. The lowest BCUT2D eigenvalue weighted by Gasteiger charge is -2.10. The van der Waals surface area contributed by atoms with Crippen LogP contribution in [-0.2, 0) is 0 Å². The van der Waals surface area contributed by atoms with Crippen LogP contribution in [0.25, 0.3) is 10.9 Å². The average molecular weight is 293 g/mol. The molecule has 0 aliphatic carbocycles. The summed E-state index contributed by atoms with van der Waals surface area (Å²) in [6.07, 6.45) is 1.08. The summed E-state index contributed by atoms with van der Waals surface area (Å²) in [7, 11) is 0. The minimum atomic E-state index is 0.383. The zero-order chi connectivity index (χ0) is 11.8. The second-order valence-electron chi connectivity index (χ2n) is 4.29. The van der Waals surface area contributed by atoms with Gasteiger partial charge < -0.3 is 11.1 Å². The molecule has 2 heterocycles. The van der Waals surface area contributed by atoms with Gasteiger partial charge in [0.15, 0.2) is 0 Å². The molecule has 1 aliphatic heterocycles. The fraction of sp³-hybridized carbons (Fsp3) is 0.333. The van der Waals surface area contributed by atoms with Crippen LogP contribution < -0.4 is 11.1 Å². The molecule has 1 unspecified atom stereocenters. The van der Waals surface area contributed by atoms with E-state index in [1.165, 1.54) is 0 Å². The van der Waals surface area contributed by atoms with Crippen LogP contribution in [-0.4, -0.2) is 23.1 Å².